The van der Waals surface area contributed by atoms with Gasteiger partial charge >= 0.3 is 39.5 Å². The van der Waals surface area contributed by atoms with Gasteiger partial charge in [0.15, 0.2) is 12.2 Å². The maximum atomic E-state index is 13.0. The summed E-state index contributed by atoms with van der Waals surface area (Å²) in [6.07, 6.45) is 37.8. The summed E-state index contributed by atoms with van der Waals surface area (Å²) in [6.45, 7) is 9.40. The molecule has 0 rings (SSSR count). The van der Waals surface area contributed by atoms with E-state index in [1.54, 1.807) is 0 Å². The molecule has 0 aromatic rings. The van der Waals surface area contributed by atoms with Gasteiger partial charge in [0.05, 0.1) is 26.4 Å². The van der Waals surface area contributed by atoms with Crippen LogP contribution in [0.1, 0.15) is 311 Å². The van der Waals surface area contributed by atoms with Crippen LogP contribution >= 0.6 is 15.6 Å². The molecule has 0 bridgehead atoms. The topological polar surface area (TPSA) is 237 Å². The monoisotopic (exact) mass is 1210 g/mol. The van der Waals surface area contributed by atoms with Crippen molar-refractivity contribution in [1.29, 1.82) is 0 Å². The Morgan fingerprint density at radius 3 is 0.829 bits per heavy atom. The van der Waals surface area contributed by atoms with Gasteiger partial charge in [-0.2, -0.15) is 0 Å². The number of esters is 4. The summed E-state index contributed by atoms with van der Waals surface area (Å²) in [5, 5.41) is 10.5. The number of phosphoric ester groups is 2. The minimum Gasteiger partial charge on any atom is -0.462 e. The van der Waals surface area contributed by atoms with E-state index >= 15 is 0 Å². The summed E-state index contributed by atoms with van der Waals surface area (Å²) in [5.41, 5.74) is 0. The summed E-state index contributed by atoms with van der Waals surface area (Å²) < 4.78 is 67.8. The standard InChI is InChI=1S/C63H122O17P2/c1-7-9-11-13-15-28-35-41-47-62(67)79-58(51-73-60(65)45-39-33-25-14-12-10-8-2)53-77-81(69,70)75-49-57(64)50-76-82(71,72)78-54-59(52-74-61(66)46-40-34-29-24-23-27-32-38-44-56(5)6)80-63(68)48-42-36-30-22-20-18-16-17-19-21-26-31-37-43-55(3)4/h55-59,64H,7-54H2,1-6H3,(H,69,70)(H,71,72)/t57-,58+,59+/m0/s1. The van der Waals surface area contributed by atoms with Crippen LogP contribution in [0.4, 0.5) is 0 Å². The maximum Gasteiger partial charge on any atom is 0.472 e. The van der Waals surface area contributed by atoms with Crippen molar-refractivity contribution in [2.24, 2.45) is 11.8 Å². The number of rotatable bonds is 62. The lowest BCUT2D eigenvalue weighted by Gasteiger charge is -2.21. The number of phosphoric acid groups is 2. The summed E-state index contributed by atoms with van der Waals surface area (Å²) in [7, 11) is -9.88. The maximum absolute atomic E-state index is 13.0. The van der Waals surface area contributed by atoms with Crippen molar-refractivity contribution in [3.05, 3.63) is 0 Å². The van der Waals surface area contributed by atoms with Gasteiger partial charge in [-0.1, -0.05) is 260 Å². The molecule has 3 N–H and O–H groups in total. The van der Waals surface area contributed by atoms with Gasteiger partial charge < -0.3 is 33.8 Å². The number of hydrogen-bond acceptors (Lipinski definition) is 15. The van der Waals surface area contributed by atoms with E-state index < -0.39 is 97.5 Å². The predicted molar refractivity (Wildman–Crippen MR) is 326 cm³/mol. The highest BCUT2D eigenvalue weighted by Gasteiger charge is 2.30. The molecule has 5 atom stereocenters. The number of unbranched alkanes of at least 4 members (excludes halogenated alkanes) is 32. The third-order valence-electron chi connectivity index (χ3n) is 14.5. The molecule has 0 aliphatic carbocycles. The van der Waals surface area contributed by atoms with Crippen LogP contribution in [0.5, 0.6) is 0 Å². The number of carbonyl (C=O) groups is 4. The number of ether oxygens (including phenoxy) is 4. The van der Waals surface area contributed by atoms with Gasteiger partial charge in [-0.25, -0.2) is 9.13 Å². The molecule has 0 saturated heterocycles. The Kier molecular flexibility index (Phi) is 54.3. The first-order chi connectivity index (χ1) is 39.4. The van der Waals surface area contributed by atoms with E-state index in [4.69, 9.17) is 37.0 Å². The average molecular weight is 1210 g/mol. The van der Waals surface area contributed by atoms with E-state index in [0.717, 1.165) is 121 Å². The second-order valence-corrected chi connectivity index (χ2v) is 26.7. The van der Waals surface area contributed by atoms with Crippen LogP contribution in [0.3, 0.4) is 0 Å². The third-order valence-corrected chi connectivity index (χ3v) is 16.4. The van der Waals surface area contributed by atoms with E-state index in [1.807, 2.05) is 0 Å². The molecule has 19 heteroatoms. The zero-order chi connectivity index (χ0) is 60.8. The van der Waals surface area contributed by atoms with E-state index in [9.17, 15) is 43.2 Å². The molecule has 0 aromatic carbocycles. The van der Waals surface area contributed by atoms with E-state index in [2.05, 4.69) is 41.5 Å². The summed E-state index contributed by atoms with van der Waals surface area (Å²) in [4.78, 5) is 72.0. The van der Waals surface area contributed by atoms with Crippen LogP contribution < -0.4 is 0 Å². The normalized spacial score (nSPS) is 14.3. The molecule has 0 amide bonds. The largest absolute Gasteiger partial charge is 0.472 e. The molecular formula is C63H122O17P2. The molecule has 486 valence electrons. The molecule has 0 spiro atoms. The Morgan fingerprint density at radius 2 is 0.561 bits per heavy atom. The Morgan fingerprint density at radius 1 is 0.329 bits per heavy atom. The minimum absolute atomic E-state index is 0.104. The second-order valence-electron chi connectivity index (χ2n) is 23.7. The van der Waals surface area contributed by atoms with Crippen LogP contribution in [0.15, 0.2) is 0 Å². The number of aliphatic hydroxyl groups is 1. The van der Waals surface area contributed by atoms with Crippen LogP contribution in [-0.2, 0) is 65.4 Å². The lowest BCUT2D eigenvalue weighted by atomic mass is 10.0. The van der Waals surface area contributed by atoms with Crippen LogP contribution in [0, 0.1) is 11.8 Å². The number of aliphatic hydroxyl groups excluding tert-OH is 1. The molecule has 0 saturated carbocycles. The molecule has 0 heterocycles. The molecule has 2 unspecified atom stereocenters. The molecule has 0 aromatic heterocycles. The van der Waals surface area contributed by atoms with Gasteiger partial charge in [0.25, 0.3) is 0 Å². The van der Waals surface area contributed by atoms with Crippen molar-refractivity contribution in [1.82, 2.24) is 0 Å². The zero-order valence-corrected chi connectivity index (χ0v) is 54.6. The zero-order valence-electron chi connectivity index (χ0n) is 52.8. The fourth-order valence-corrected chi connectivity index (χ4v) is 10.9. The fourth-order valence-electron chi connectivity index (χ4n) is 9.35. The lowest BCUT2D eigenvalue weighted by molar-refractivity contribution is -0.161. The number of hydrogen-bond donors (Lipinski definition) is 3. The van der Waals surface area contributed by atoms with E-state index in [1.165, 1.54) is 109 Å². The average Bonchev–Trinajstić information content (AvgIpc) is 3.45. The van der Waals surface area contributed by atoms with Crippen LogP contribution in [0.25, 0.3) is 0 Å². The summed E-state index contributed by atoms with van der Waals surface area (Å²) >= 11 is 0. The molecule has 0 radical (unpaired) electrons. The Bertz CT molecular complexity index is 1620. The smallest absolute Gasteiger partial charge is 0.462 e. The first kappa shape index (κ1) is 80.1. The first-order valence-electron chi connectivity index (χ1n) is 33.0. The molecule has 0 aliphatic rings. The van der Waals surface area contributed by atoms with Crippen molar-refractivity contribution < 1.29 is 80.2 Å². The van der Waals surface area contributed by atoms with Crippen molar-refractivity contribution >= 4 is 39.5 Å². The van der Waals surface area contributed by atoms with Crippen LogP contribution in [0.2, 0.25) is 0 Å². The van der Waals surface area contributed by atoms with Gasteiger partial charge in [0, 0.05) is 25.7 Å². The quantitative estimate of drug-likeness (QED) is 0.0222. The molecule has 0 aliphatic heterocycles. The Labute approximate surface area is 498 Å². The Balaban J connectivity index is 5.18. The van der Waals surface area contributed by atoms with Gasteiger partial charge in [0.1, 0.15) is 19.3 Å². The first-order valence-corrected chi connectivity index (χ1v) is 36.0. The third kappa shape index (κ3) is 57.2. The van der Waals surface area contributed by atoms with Gasteiger partial charge in [-0.15, -0.1) is 0 Å². The highest BCUT2D eigenvalue weighted by atomic mass is 31.2. The fraction of sp³-hybridized carbons (Fsp3) is 0.937. The molecular weight excluding hydrogens is 1090 g/mol. The Hall–Kier alpha value is -1.94. The minimum atomic E-state index is -4.94. The van der Waals surface area contributed by atoms with Gasteiger partial charge in [-0.3, -0.25) is 37.3 Å². The molecule has 17 nitrogen and oxygen atoms in total. The van der Waals surface area contributed by atoms with E-state index in [0.29, 0.717) is 25.7 Å². The van der Waals surface area contributed by atoms with Gasteiger partial charge in [-0.05, 0) is 37.5 Å². The van der Waals surface area contributed by atoms with Gasteiger partial charge in [0.2, 0.25) is 0 Å². The summed E-state index contributed by atoms with van der Waals surface area (Å²) in [5.74, 6) is -0.629. The van der Waals surface area contributed by atoms with Crippen molar-refractivity contribution in [2.75, 3.05) is 39.6 Å². The lowest BCUT2D eigenvalue weighted by Crippen LogP contribution is -2.30. The second kappa shape index (κ2) is 55.6. The highest BCUT2D eigenvalue weighted by Crippen LogP contribution is 2.45. The van der Waals surface area contributed by atoms with Crippen molar-refractivity contribution in [2.45, 2.75) is 330 Å². The number of carbonyl (C=O) groups excluding carboxylic acids is 4. The van der Waals surface area contributed by atoms with E-state index in [-0.39, 0.29) is 25.7 Å². The van der Waals surface area contributed by atoms with Crippen molar-refractivity contribution in [3.63, 3.8) is 0 Å². The van der Waals surface area contributed by atoms with Crippen molar-refractivity contribution in [3.8, 4) is 0 Å². The van der Waals surface area contributed by atoms with Crippen LogP contribution in [-0.4, -0.2) is 96.7 Å². The predicted octanol–water partition coefficient (Wildman–Crippen LogP) is 17.3. The molecule has 0 fully saturated rings. The summed E-state index contributed by atoms with van der Waals surface area (Å²) in [6, 6.07) is 0. The SMILES string of the molecule is CCCCCCCCCCC(=O)O[C@H](COC(=O)CCCCCCCCC)COP(=O)(O)OC[C@H](O)COP(=O)(O)OC[C@@H](COC(=O)CCCCCCCCCCC(C)C)OC(=O)CCCCCCCCCCCCCCCC(C)C. The molecule has 82 heavy (non-hydrogen) atoms. The highest BCUT2D eigenvalue weighted by molar-refractivity contribution is 7.47.